The zero-order valence-corrected chi connectivity index (χ0v) is 12.5. The van der Waals surface area contributed by atoms with Gasteiger partial charge in [-0.2, -0.15) is 10.3 Å². The van der Waals surface area contributed by atoms with Gasteiger partial charge in [0.05, 0.1) is 12.2 Å². The van der Waals surface area contributed by atoms with Gasteiger partial charge < -0.3 is 0 Å². The van der Waals surface area contributed by atoms with E-state index in [0.29, 0.717) is 18.2 Å². The van der Waals surface area contributed by atoms with E-state index >= 15 is 0 Å². The Bertz CT molecular complexity index is 312. The highest BCUT2D eigenvalue weighted by Crippen LogP contribution is 2.39. The summed E-state index contributed by atoms with van der Waals surface area (Å²) in [5.74, 6) is 0.752. The SMILES string of the molecule is C[C@H]1ON2[C@H](CCCCCCCC#N)CC[C@H]1[C@@H]2C. The van der Waals surface area contributed by atoms with Gasteiger partial charge in [0.15, 0.2) is 0 Å². The molecule has 2 fully saturated rings. The van der Waals surface area contributed by atoms with E-state index in [-0.39, 0.29) is 0 Å². The van der Waals surface area contributed by atoms with E-state index in [0.717, 1.165) is 18.8 Å². The molecule has 3 nitrogen and oxygen atoms in total. The molecule has 0 aromatic rings. The Hall–Kier alpha value is -0.590. The van der Waals surface area contributed by atoms with Crippen molar-refractivity contribution in [3.63, 3.8) is 0 Å². The fraction of sp³-hybridized carbons (Fsp3) is 0.938. The number of fused-ring (bicyclic) bond motifs is 2. The smallest absolute Gasteiger partial charge is 0.0809 e. The summed E-state index contributed by atoms with van der Waals surface area (Å²) in [5.41, 5.74) is 0. The number of hydroxylamine groups is 2. The molecule has 3 heteroatoms. The van der Waals surface area contributed by atoms with Crippen molar-refractivity contribution in [1.82, 2.24) is 5.06 Å². The van der Waals surface area contributed by atoms with Gasteiger partial charge in [-0.05, 0) is 39.5 Å². The molecule has 0 radical (unpaired) electrons. The van der Waals surface area contributed by atoms with Gasteiger partial charge in [0.2, 0.25) is 0 Å². The standard InChI is InChI=1S/C16H28N2O/c1-13-16-11-10-15(18(13)19-14(16)2)9-7-5-3-4-6-8-12-17/h13-16H,3-11H2,1-2H3/t13-,14+,15+,16-/m0/s1. The molecule has 2 bridgehead atoms. The summed E-state index contributed by atoms with van der Waals surface area (Å²) < 4.78 is 0. The Morgan fingerprint density at radius 1 is 1.11 bits per heavy atom. The molecule has 0 aliphatic carbocycles. The number of hydrogen-bond donors (Lipinski definition) is 0. The van der Waals surface area contributed by atoms with Crippen LogP contribution in [0, 0.1) is 17.2 Å². The Kier molecular flexibility index (Phi) is 5.66. The number of unbranched alkanes of at least 4 members (excludes halogenated alkanes) is 5. The van der Waals surface area contributed by atoms with Crippen LogP contribution in [0.5, 0.6) is 0 Å². The summed E-state index contributed by atoms with van der Waals surface area (Å²) in [6, 6.07) is 3.48. The summed E-state index contributed by atoms with van der Waals surface area (Å²) in [7, 11) is 0. The van der Waals surface area contributed by atoms with E-state index < -0.39 is 0 Å². The third-order valence-corrected chi connectivity index (χ3v) is 4.93. The molecule has 2 aliphatic heterocycles. The number of rotatable bonds is 7. The first-order chi connectivity index (χ1) is 9.24. The molecule has 0 aromatic heterocycles. The second-order valence-corrected chi connectivity index (χ2v) is 6.27. The first-order valence-corrected chi connectivity index (χ1v) is 8.06. The Balaban J connectivity index is 1.60. The first-order valence-electron chi connectivity index (χ1n) is 8.06. The van der Waals surface area contributed by atoms with Crippen molar-refractivity contribution in [2.24, 2.45) is 5.92 Å². The van der Waals surface area contributed by atoms with Crippen LogP contribution in [0.15, 0.2) is 0 Å². The molecular formula is C16H28N2O. The van der Waals surface area contributed by atoms with Gasteiger partial charge in [0, 0.05) is 24.4 Å². The zero-order valence-electron chi connectivity index (χ0n) is 12.5. The molecule has 2 saturated heterocycles. The predicted octanol–water partition coefficient (Wildman–Crippen LogP) is 4.04. The predicted molar refractivity (Wildman–Crippen MR) is 76.3 cm³/mol. The molecule has 0 N–H and O–H groups in total. The van der Waals surface area contributed by atoms with Crippen LogP contribution in [-0.2, 0) is 4.84 Å². The van der Waals surface area contributed by atoms with Crippen molar-refractivity contribution in [2.75, 3.05) is 0 Å². The number of nitrogens with zero attached hydrogens (tertiary/aromatic N) is 2. The maximum atomic E-state index is 8.48. The van der Waals surface area contributed by atoms with Crippen molar-refractivity contribution in [3.8, 4) is 6.07 Å². The maximum absolute atomic E-state index is 8.48. The van der Waals surface area contributed by atoms with Gasteiger partial charge >= 0.3 is 0 Å². The molecule has 2 heterocycles. The lowest BCUT2D eigenvalue weighted by atomic mass is 9.85. The van der Waals surface area contributed by atoms with Gasteiger partial charge in [0.25, 0.3) is 0 Å². The quantitative estimate of drug-likeness (QED) is 0.651. The Morgan fingerprint density at radius 3 is 2.63 bits per heavy atom. The van der Waals surface area contributed by atoms with Crippen LogP contribution in [0.3, 0.4) is 0 Å². The fourth-order valence-electron chi connectivity index (χ4n) is 3.74. The van der Waals surface area contributed by atoms with Crippen LogP contribution in [0.2, 0.25) is 0 Å². The highest BCUT2D eigenvalue weighted by Gasteiger charge is 2.44. The van der Waals surface area contributed by atoms with Gasteiger partial charge in [-0.25, -0.2) is 0 Å². The summed E-state index contributed by atoms with van der Waals surface area (Å²) in [5, 5.41) is 10.8. The molecule has 0 spiro atoms. The third-order valence-electron chi connectivity index (χ3n) is 4.93. The molecule has 0 amide bonds. The van der Waals surface area contributed by atoms with Crippen LogP contribution in [-0.4, -0.2) is 23.3 Å². The van der Waals surface area contributed by atoms with Gasteiger partial charge in [-0.15, -0.1) is 0 Å². The first kappa shape index (κ1) is 14.8. The molecule has 0 aromatic carbocycles. The van der Waals surface area contributed by atoms with Crippen LogP contribution < -0.4 is 0 Å². The van der Waals surface area contributed by atoms with Crippen molar-refractivity contribution in [2.45, 2.75) is 89.8 Å². The molecule has 19 heavy (non-hydrogen) atoms. The fourth-order valence-corrected chi connectivity index (χ4v) is 3.74. The summed E-state index contributed by atoms with van der Waals surface area (Å²) in [6.07, 6.45) is 11.3. The molecule has 2 aliphatic rings. The average Bonchev–Trinajstić information content (AvgIpc) is 2.58. The summed E-state index contributed by atoms with van der Waals surface area (Å²) in [6.45, 7) is 4.54. The summed E-state index contributed by atoms with van der Waals surface area (Å²) in [4.78, 5) is 6.02. The van der Waals surface area contributed by atoms with Gasteiger partial charge in [-0.3, -0.25) is 4.84 Å². The summed E-state index contributed by atoms with van der Waals surface area (Å²) >= 11 is 0. The highest BCUT2D eigenvalue weighted by molar-refractivity contribution is 4.91. The van der Waals surface area contributed by atoms with E-state index in [1.807, 2.05) is 0 Å². The minimum Gasteiger partial charge on any atom is -0.295 e. The van der Waals surface area contributed by atoms with Crippen molar-refractivity contribution < 1.29 is 4.84 Å². The molecule has 108 valence electrons. The third kappa shape index (κ3) is 3.70. The average molecular weight is 264 g/mol. The molecule has 2 rings (SSSR count). The Labute approximate surface area is 117 Å². The van der Waals surface area contributed by atoms with E-state index in [1.165, 1.54) is 44.9 Å². The monoisotopic (exact) mass is 264 g/mol. The topological polar surface area (TPSA) is 36.3 Å². The van der Waals surface area contributed by atoms with Crippen LogP contribution in [0.1, 0.15) is 71.6 Å². The Morgan fingerprint density at radius 2 is 1.84 bits per heavy atom. The van der Waals surface area contributed by atoms with Crippen molar-refractivity contribution in [1.29, 1.82) is 5.26 Å². The van der Waals surface area contributed by atoms with E-state index in [4.69, 9.17) is 10.1 Å². The zero-order chi connectivity index (χ0) is 13.7. The van der Waals surface area contributed by atoms with E-state index in [9.17, 15) is 0 Å². The lowest BCUT2D eigenvalue weighted by Gasteiger charge is -2.35. The molecule has 1 unspecified atom stereocenters. The molecule has 0 saturated carbocycles. The van der Waals surface area contributed by atoms with Crippen molar-refractivity contribution in [3.05, 3.63) is 0 Å². The minimum absolute atomic E-state index is 0.422. The second-order valence-electron chi connectivity index (χ2n) is 6.27. The molecule has 5 atom stereocenters. The maximum Gasteiger partial charge on any atom is 0.0809 e. The van der Waals surface area contributed by atoms with E-state index in [2.05, 4.69) is 25.0 Å². The lowest BCUT2D eigenvalue weighted by Crippen LogP contribution is -2.42. The number of piperidine rings is 1. The van der Waals surface area contributed by atoms with E-state index in [1.54, 1.807) is 0 Å². The second kappa shape index (κ2) is 7.26. The van der Waals surface area contributed by atoms with Crippen LogP contribution >= 0.6 is 0 Å². The van der Waals surface area contributed by atoms with Gasteiger partial charge in [0.1, 0.15) is 0 Å². The highest BCUT2D eigenvalue weighted by atomic mass is 16.7. The normalized spacial score (nSPS) is 37.2. The lowest BCUT2D eigenvalue weighted by molar-refractivity contribution is -0.184. The number of nitriles is 1. The van der Waals surface area contributed by atoms with Crippen LogP contribution in [0.4, 0.5) is 0 Å². The van der Waals surface area contributed by atoms with Crippen molar-refractivity contribution >= 4 is 0 Å². The minimum atomic E-state index is 0.422. The van der Waals surface area contributed by atoms with Gasteiger partial charge in [-0.1, -0.05) is 25.7 Å². The van der Waals surface area contributed by atoms with Crippen LogP contribution in [0.25, 0.3) is 0 Å². The molecular weight excluding hydrogens is 236 g/mol. The largest absolute Gasteiger partial charge is 0.295 e. The number of hydrogen-bond acceptors (Lipinski definition) is 3.